The molecular weight excluding hydrogens is 407 g/mol. The van der Waals surface area contributed by atoms with E-state index in [1.807, 2.05) is 0 Å². The van der Waals surface area contributed by atoms with E-state index in [9.17, 15) is 18.0 Å². The summed E-state index contributed by atoms with van der Waals surface area (Å²) in [4.78, 5) is 19.9. The van der Waals surface area contributed by atoms with Gasteiger partial charge in [0.1, 0.15) is 5.82 Å². The van der Waals surface area contributed by atoms with Gasteiger partial charge in [-0.3, -0.25) is 4.79 Å². The van der Waals surface area contributed by atoms with Gasteiger partial charge in [0, 0.05) is 25.8 Å². The number of morpholine rings is 2. The lowest BCUT2D eigenvalue weighted by Gasteiger charge is -2.37. The van der Waals surface area contributed by atoms with Crippen molar-refractivity contribution >= 4 is 27.7 Å². The van der Waals surface area contributed by atoms with E-state index < -0.39 is 17.8 Å². The maximum Gasteiger partial charge on any atom is 0.417 e. The molecule has 3 rings (SSSR count). The van der Waals surface area contributed by atoms with Crippen molar-refractivity contribution in [1.82, 2.24) is 9.88 Å². The van der Waals surface area contributed by atoms with E-state index in [2.05, 4.69) is 20.9 Å². The molecule has 1 unspecified atom stereocenters. The van der Waals surface area contributed by atoms with Crippen LogP contribution in [0.15, 0.2) is 16.7 Å². The van der Waals surface area contributed by atoms with E-state index in [0.717, 1.165) is 12.3 Å². The van der Waals surface area contributed by atoms with Crippen LogP contribution in [0.25, 0.3) is 0 Å². The Hall–Kier alpha value is -1.39. The highest BCUT2D eigenvalue weighted by Gasteiger charge is 2.34. The minimum absolute atomic E-state index is 0.129. The Morgan fingerprint density at radius 2 is 1.96 bits per heavy atom. The fourth-order valence-corrected chi connectivity index (χ4v) is 3.40. The number of hydrogen-bond acceptors (Lipinski definition) is 5. The third-order valence-corrected chi connectivity index (χ3v) is 4.70. The van der Waals surface area contributed by atoms with Gasteiger partial charge in [0.15, 0.2) is 6.10 Å². The lowest BCUT2D eigenvalue weighted by molar-refractivity contribution is -0.148. The zero-order valence-corrected chi connectivity index (χ0v) is 14.8. The molecule has 2 aliphatic rings. The second-order valence-electron chi connectivity index (χ2n) is 5.77. The van der Waals surface area contributed by atoms with Crippen molar-refractivity contribution in [3.63, 3.8) is 0 Å². The summed E-state index contributed by atoms with van der Waals surface area (Å²) in [5, 5.41) is 0. The third-order valence-electron chi connectivity index (χ3n) is 4.11. The standard InChI is InChI=1S/C15H17BrF3N3O3/c16-11-7-10(15(17,18)19)8-20-13(11)22-3-6-25-12(9-22)14(23)21-1-4-24-5-2-21/h7-8,12H,1-6,9H2. The minimum Gasteiger partial charge on any atom is -0.378 e. The molecule has 0 spiro atoms. The summed E-state index contributed by atoms with van der Waals surface area (Å²) in [5.74, 6) is 0.243. The van der Waals surface area contributed by atoms with Crippen LogP contribution in [0.2, 0.25) is 0 Å². The van der Waals surface area contributed by atoms with Gasteiger partial charge < -0.3 is 19.3 Å². The number of amides is 1. The van der Waals surface area contributed by atoms with Crippen LogP contribution < -0.4 is 4.90 Å². The van der Waals surface area contributed by atoms with Gasteiger partial charge >= 0.3 is 6.18 Å². The molecule has 138 valence electrons. The molecule has 25 heavy (non-hydrogen) atoms. The smallest absolute Gasteiger partial charge is 0.378 e. The number of carbonyl (C=O) groups is 1. The van der Waals surface area contributed by atoms with Gasteiger partial charge in [-0.05, 0) is 22.0 Å². The first-order valence-electron chi connectivity index (χ1n) is 7.82. The fourth-order valence-electron chi connectivity index (χ4n) is 2.80. The van der Waals surface area contributed by atoms with Crippen LogP contribution in [0.4, 0.5) is 19.0 Å². The number of pyridine rings is 1. The lowest BCUT2D eigenvalue weighted by atomic mass is 10.2. The molecule has 1 aromatic heterocycles. The van der Waals surface area contributed by atoms with E-state index >= 15 is 0 Å². The molecule has 0 saturated carbocycles. The molecule has 6 nitrogen and oxygen atoms in total. The number of nitrogens with zero attached hydrogens (tertiary/aromatic N) is 3. The second kappa shape index (κ2) is 7.46. The molecule has 1 amide bonds. The molecule has 0 N–H and O–H groups in total. The highest BCUT2D eigenvalue weighted by molar-refractivity contribution is 9.10. The molecule has 0 aliphatic carbocycles. The van der Waals surface area contributed by atoms with Gasteiger partial charge in [-0.15, -0.1) is 0 Å². The Morgan fingerprint density at radius 3 is 2.60 bits per heavy atom. The molecular formula is C15H17BrF3N3O3. The van der Waals surface area contributed by atoms with E-state index in [-0.39, 0.29) is 16.9 Å². The zero-order chi connectivity index (χ0) is 18.0. The topological polar surface area (TPSA) is 54.9 Å². The van der Waals surface area contributed by atoms with Crippen LogP contribution in [-0.4, -0.2) is 67.9 Å². The van der Waals surface area contributed by atoms with Gasteiger partial charge in [0.25, 0.3) is 5.91 Å². The van der Waals surface area contributed by atoms with Crippen LogP contribution >= 0.6 is 15.9 Å². The quantitative estimate of drug-likeness (QED) is 0.727. The van der Waals surface area contributed by atoms with Gasteiger partial charge in [0.05, 0.1) is 36.4 Å². The molecule has 10 heteroatoms. The number of halogens is 4. The highest BCUT2D eigenvalue weighted by Crippen LogP contribution is 2.34. The Bertz CT molecular complexity index is 638. The van der Waals surface area contributed by atoms with Gasteiger partial charge in [-0.25, -0.2) is 4.98 Å². The first-order valence-corrected chi connectivity index (χ1v) is 8.61. The Kier molecular flexibility index (Phi) is 5.49. The van der Waals surface area contributed by atoms with E-state index in [4.69, 9.17) is 9.47 Å². The second-order valence-corrected chi connectivity index (χ2v) is 6.62. The van der Waals surface area contributed by atoms with Crippen molar-refractivity contribution < 1.29 is 27.4 Å². The average molecular weight is 424 g/mol. The van der Waals surface area contributed by atoms with Gasteiger partial charge in [-0.2, -0.15) is 13.2 Å². The maximum atomic E-state index is 12.8. The number of anilines is 1. The van der Waals surface area contributed by atoms with Gasteiger partial charge in [0.2, 0.25) is 0 Å². The van der Waals surface area contributed by atoms with Crippen molar-refractivity contribution in [2.24, 2.45) is 0 Å². The van der Waals surface area contributed by atoms with E-state index in [0.29, 0.717) is 45.3 Å². The molecule has 0 radical (unpaired) electrons. The summed E-state index contributed by atoms with van der Waals surface area (Å²) < 4.78 is 49.3. The summed E-state index contributed by atoms with van der Waals surface area (Å²) in [7, 11) is 0. The monoisotopic (exact) mass is 423 g/mol. The molecule has 2 fully saturated rings. The number of alkyl halides is 3. The number of carbonyl (C=O) groups excluding carboxylic acids is 1. The maximum absolute atomic E-state index is 12.8. The Morgan fingerprint density at radius 1 is 1.24 bits per heavy atom. The lowest BCUT2D eigenvalue weighted by Crippen LogP contribution is -2.53. The number of ether oxygens (including phenoxy) is 2. The van der Waals surface area contributed by atoms with Crippen molar-refractivity contribution in [3.05, 3.63) is 22.3 Å². The Balaban J connectivity index is 1.72. The summed E-state index contributed by atoms with van der Waals surface area (Å²) in [5.41, 5.74) is -0.822. The summed E-state index contributed by atoms with van der Waals surface area (Å²) in [6.45, 7) is 3.01. The molecule has 1 atom stereocenters. The van der Waals surface area contributed by atoms with Crippen LogP contribution in [0, 0.1) is 0 Å². The van der Waals surface area contributed by atoms with Crippen LogP contribution in [0.5, 0.6) is 0 Å². The molecule has 0 bridgehead atoms. The highest BCUT2D eigenvalue weighted by atomic mass is 79.9. The average Bonchev–Trinajstić information content (AvgIpc) is 2.61. The number of aromatic nitrogens is 1. The minimum atomic E-state index is -4.45. The summed E-state index contributed by atoms with van der Waals surface area (Å²) in [6.07, 6.45) is -4.31. The first-order chi connectivity index (χ1) is 11.9. The van der Waals surface area contributed by atoms with Crippen LogP contribution in [0.3, 0.4) is 0 Å². The largest absolute Gasteiger partial charge is 0.417 e. The predicted octanol–water partition coefficient (Wildman–Crippen LogP) is 1.93. The molecule has 1 aromatic rings. The van der Waals surface area contributed by atoms with Crippen molar-refractivity contribution in [1.29, 1.82) is 0 Å². The SMILES string of the molecule is O=C(C1CN(c2ncc(C(F)(F)F)cc2Br)CCO1)N1CCOCC1. The molecule has 2 saturated heterocycles. The predicted molar refractivity (Wildman–Crippen MR) is 86.3 cm³/mol. The van der Waals surface area contributed by atoms with Gasteiger partial charge in [-0.1, -0.05) is 0 Å². The number of hydrogen-bond donors (Lipinski definition) is 0. The third kappa shape index (κ3) is 4.24. The first kappa shape index (κ1) is 18.4. The Labute approximate surface area is 151 Å². The zero-order valence-electron chi connectivity index (χ0n) is 13.3. The molecule has 2 aliphatic heterocycles. The van der Waals surface area contributed by atoms with E-state index in [1.165, 1.54) is 0 Å². The van der Waals surface area contributed by atoms with Crippen molar-refractivity contribution in [2.75, 3.05) is 50.9 Å². The number of rotatable bonds is 2. The fraction of sp³-hybridized carbons (Fsp3) is 0.600. The van der Waals surface area contributed by atoms with Crippen LogP contribution in [0.1, 0.15) is 5.56 Å². The summed E-state index contributed by atoms with van der Waals surface area (Å²) >= 11 is 3.15. The van der Waals surface area contributed by atoms with Crippen LogP contribution in [-0.2, 0) is 20.4 Å². The van der Waals surface area contributed by atoms with Crippen molar-refractivity contribution in [2.45, 2.75) is 12.3 Å². The molecule has 0 aromatic carbocycles. The van der Waals surface area contributed by atoms with E-state index in [1.54, 1.807) is 9.80 Å². The molecule has 3 heterocycles. The normalized spacial score (nSPS) is 22.2. The summed E-state index contributed by atoms with van der Waals surface area (Å²) in [6, 6.07) is 0.997. The van der Waals surface area contributed by atoms with Crippen molar-refractivity contribution in [3.8, 4) is 0 Å².